The molecule has 2 N–H and O–H groups in total. The maximum Gasteiger partial charge on any atom is 0.303 e. The van der Waals surface area contributed by atoms with Crippen molar-refractivity contribution in [2.45, 2.75) is 12.8 Å². The topological polar surface area (TPSA) is 57.5 Å². The van der Waals surface area contributed by atoms with Gasteiger partial charge in [0.05, 0.1) is 6.42 Å². The molecule has 1 aromatic carbocycles. The summed E-state index contributed by atoms with van der Waals surface area (Å²) in [6.45, 7) is 0. The van der Waals surface area contributed by atoms with E-state index in [9.17, 15) is 9.90 Å². The highest BCUT2D eigenvalue weighted by atomic mass is 32.1. The maximum absolute atomic E-state index is 10.4. The molecule has 78 valence electrons. The molecule has 0 aliphatic rings. The van der Waals surface area contributed by atoms with Crippen molar-refractivity contribution in [1.82, 2.24) is 0 Å². The number of phenols is 1. The third kappa shape index (κ3) is 2.10. The Bertz CT molecular complexity index is 502. The lowest BCUT2D eigenvalue weighted by molar-refractivity contribution is -0.136. The van der Waals surface area contributed by atoms with Gasteiger partial charge in [-0.15, -0.1) is 11.3 Å². The second-order valence-electron chi connectivity index (χ2n) is 3.30. The molecule has 0 aliphatic heterocycles. The van der Waals surface area contributed by atoms with E-state index < -0.39 is 5.97 Å². The van der Waals surface area contributed by atoms with E-state index in [1.54, 1.807) is 12.1 Å². The number of thiophene rings is 1. The highest BCUT2D eigenvalue weighted by Crippen LogP contribution is 2.32. The quantitative estimate of drug-likeness (QED) is 0.839. The van der Waals surface area contributed by atoms with Gasteiger partial charge >= 0.3 is 5.97 Å². The van der Waals surface area contributed by atoms with E-state index in [1.807, 2.05) is 12.1 Å². The summed E-state index contributed by atoms with van der Waals surface area (Å²) >= 11 is 1.53. The molecule has 0 radical (unpaired) electrons. The fourth-order valence-electron chi connectivity index (χ4n) is 1.45. The van der Waals surface area contributed by atoms with Crippen molar-refractivity contribution >= 4 is 27.4 Å². The zero-order chi connectivity index (χ0) is 10.8. The summed E-state index contributed by atoms with van der Waals surface area (Å²) in [5, 5.41) is 18.9. The number of hydrogen-bond donors (Lipinski definition) is 2. The lowest BCUT2D eigenvalue weighted by Gasteiger charge is -1.91. The number of carbonyl (C=O) groups is 1. The minimum atomic E-state index is -0.795. The standard InChI is InChI=1S/C11H10O3S/c12-9-2-1-3-10-8(9)6-7(15-10)4-5-11(13)14/h1-3,6,12H,4-5H2,(H,13,14). The number of rotatable bonds is 3. The summed E-state index contributed by atoms with van der Waals surface area (Å²) in [6, 6.07) is 7.20. The van der Waals surface area contributed by atoms with Gasteiger partial charge in [-0.05, 0) is 24.6 Å². The summed E-state index contributed by atoms with van der Waals surface area (Å²) in [5.41, 5.74) is 0. The molecular weight excluding hydrogens is 212 g/mol. The second-order valence-corrected chi connectivity index (χ2v) is 4.46. The summed E-state index contributed by atoms with van der Waals surface area (Å²) in [6.07, 6.45) is 0.654. The van der Waals surface area contributed by atoms with Crippen LogP contribution in [-0.2, 0) is 11.2 Å². The van der Waals surface area contributed by atoms with Crippen molar-refractivity contribution in [2.24, 2.45) is 0 Å². The monoisotopic (exact) mass is 222 g/mol. The Balaban J connectivity index is 2.31. The molecule has 2 aromatic rings. The van der Waals surface area contributed by atoms with Crippen LogP contribution in [0.5, 0.6) is 5.75 Å². The van der Waals surface area contributed by atoms with E-state index in [0.717, 1.165) is 15.0 Å². The highest BCUT2D eigenvalue weighted by molar-refractivity contribution is 7.19. The SMILES string of the molecule is O=C(O)CCc1cc2c(O)cccc2s1. The van der Waals surface area contributed by atoms with Gasteiger partial charge in [-0.3, -0.25) is 4.79 Å². The Labute approximate surface area is 90.6 Å². The first-order valence-corrected chi connectivity index (χ1v) is 5.40. The number of benzene rings is 1. The van der Waals surface area contributed by atoms with Gasteiger partial charge in [0.2, 0.25) is 0 Å². The number of carboxylic acid groups (broad SMARTS) is 1. The molecular formula is C11H10O3S. The number of phenolic OH excluding ortho intramolecular Hbond substituents is 1. The van der Waals surface area contributed by atoms with Gasteiger partial charge < -0.3 is 10.2 Å². The zero-order valence-corrected chi connectivity index (χ0v) is 8.75. The molecule has 4 heteroatoms. The summed E-state index contributed by atoms with van der Waals surface area (Å²) in [5.74, 6) is -0.540. The first kappa shape index (κ1) is 9.98. The van der Waals surface area contributed by atoms with Crippen molar-refractivity contribution in [3.8, 4) is 5.75 Å². The van der Waals surface area contributed by atoms with Crippen LogP contribution < -0.4 is 0 Å². The van der Waals surface area contributed by atoms with Crippen LogP contribution in [0, 0.1) is 0 Å². The minimum Gasteiger partial charge on any atom is -0.507 e. The Hall–Kier alpha value is -1.55. The largest absolute Gasteiger partial charge is 0.507 e. The van der Waals surface area contributed by atoms with Crippen LogP contribution in [-0.4, -0.2) is 16.2 Å². The van der Waals surface area contributed by atoms with Crippen LogP contribution in [0.3, 0.4) is 0 Å². The first-order chi connectivity index (χ1) is 7.16. The molecule has 0 unspecified atom stereocenters. The lowest BCUT2D eigenvalue weighted by Crippen LogP contribution is -1.95. The third-order valence-electron chi connectivity index (χ3n) is 2.17. The normalized spacial score (nSPS) is 10.7. The number of carboxylic acids is 1. The van der Waals surface area contributed by atoms with Crippen molar-refractivity contribution in [3.63, 3.8) is 0 Å². The molecule has 3 nitrogen and oxygen atoms in total. The maximum atomic E-state index is 10.4. The van der Waals surface area contributed by atoms with Crippen LogP contribution in [0.25, 0.3) is 10.1 Å². The van der Waals surface area contributed by atoms with E-state index in [1.165, 1.54) is 11.3 Å². The first-order valence-electron chi connectivity index (χ1n) is 4.59. The molecule has 1 heterocycles. The van der Waals surface area contributed by atoms with Crippen LogP contribution >= 0.6 is 11.3 Å². The fourth-order valence-corrected chi connectivity index (χ4v) is 2.53. The Kier molecular flexibility index (Phi) is 2.60. The Morgan fingerprint density at radius 1 is 1.40 bits per heavy atom. The van der Waals surface area contributed by atoms with Gasteiger partial charge in [0.25, 0.3) is 0 Å². The number of aromatic hydroxyl groups is 1. The van der Waals surface area contributed by atoms with Crippen LogP contribution in [0.4, 0.5) is 0 Å². The average molecular weight is 222 g/mol. The molecule has 0 fully saturated rings. The van der Waals surface area contributed by atoms with Crippen molar-refractivity contribution < 1.29 is 15.0 Å². The van der Waals surface area contributed by atoms with Crippen molar-refractivity contribution in [3.05, 3.63) is 29.1 Å². The molecule has 0 spiro atoms. The number of aliphatic carboxylic acids is 1. The van der Waals surface area contributed by atoms with Gasteiger partial charge in [-0.1, -0.05) is 6.07 Å². The second kappa shape index (κ2) is 3.90. The molecule has 0 amide bonds. The molecule has 15 heavy (non-hydrogen) atoms. The molecule has 0 aliphatic carbocycles. The van der Waals surface area contributed by atoms with Crippen LogP contribution in [0.2, 0.25) is 0 Å². The highest BCUT2D eigenvalue weighted by Gasteiger charge is 2.06. The van der Waals surface area contributed by atoms with E-state index in [2.05, 4.69) is 0 Å². The predicted octanol–water partition coefficient (Wildman–Crippen LogP) is 2.62. The molecule has 0 saturated carbocycles. The summed E-state index contributed by atoms with van der Waals surface area (Å²) in [7, 11) is 0. The van der Waals surface area contributed by atoms with Gasteiger partial charge in [0.15, 0.2) is 0 Å². The minimum absolute atomic E-state index is 0.133. The van der Waals surface area contributed by atoms with Crippen molar-refractivity contribution in [2.75, 3.05) is 0 Å². The van der Waals surface area contributed by atoms with Gasteiger partial charge in [-0.25, -0.2) is 0 Å². The number of aryl methyl sites for hydroxylation is 1. The molecule has 0 saturated heterocycles. The van der Waals surface area contributed by atoms with Gasteiger partial charge in [0.1, 0.15) is 5.75 Å². The van der Waals surface area contributed by atoms with E-state index >= 15 is 0 Å². The third-order valence-corrected chi connectivity index (χ3v) is 3.33. The zero-order valence-electron chi connectivity index (χ0n) is 7.93. The van der Waals surface area contributed by atoms with E-state index in [0.29, 0.717) is 6.42 Å². The fraction of sp³-hybridized carbons (Fsp3) is 0.182. The molecule has 0 atom stereocenters. The number of hydrogen-bond acceptors (Lipinski definition) is 3. The van der Waals surface area contributed by atoms with Crippen molar-refractivity contribution in [1.29, 1.82) is 0 Å². The van der Waals surface area contributed by atoms with E-state index in [-0.39, 0.29) is 12.2 Å². The molecule has 2 rings (SSSR count). The Morgan fingerprint density at radius 3 is 2.87 bits per heavy atom. The van der Waals surface area contributed by atoms with Crippen LogP contribution in [0.15, 0.2) is 24.3 Å². The number of fused-ring (bicyclic) bond motifs is 1. The average Bonchev–Trinajstić information content (AvgIpc) is 2.59. The molecule has 0 bridgehead atoms. The Morgan fingerprint density at radius 2 is 2.20 bits per heavy atom. The lowest BCUT2D eigenvalue weighted by atomic mass is 10.2. The van der Waals surface area contributed by atoms with Gasteiger partial charge in [0, 0.05) is 15.0 Å². The van der Waals surface area contributed by atoms with E-state index in [4.69, 9.17) is 5.11 Å². The van der Waals surface area contributed by atoms with Crippen LogP contribution in [0.1, 0.15) is 11.3 Å². The van der Waals surface area contributed by atoms with Gasteiger partial charge in [-0.2, -0.15) is 0 Å². The smallest absolute Gasteiger partial charge is 0.303 e. The molecule has 1 aromatic heterocycles. The summed E-state index contributed by atoms with van der Waals surface area (Å²) < 4.78 is 0.996. The summed E-state index contributed by atoms with van der Waals surface area (Å²) in [4.78, 5) is 11.4. The predicted molar refractivity (Wildman–Crippen MR) is 59.4 cm³/mol.